The summed E-state index contributed by atoms with van der Waals surface area (Å²) in [6, 6.07) is 15.3. The van der Waals surface area contributed by atoms with Crippen LogP contribution in [0.15, 0.2) is 48.5 Å². The second kappa shape index (κ2) is 6.93. The Bertz CT molecular complexity index is 620. The van der Waals surface area contributed by atoms with Crippen molar-refractivity contribution in [2.75, 3.05) is 0 Å². The van der Waals surface area contributed by atoms with Crippen LogP contribution in [0.25, 0.3) is 0 Å². The lowest BCUT2D eigenvalue weighted by Crippen LogP contribution is -2.29. The third kappa shape index (κ3) is 4.09. The summed E-state index contributed by atoms with van der Waals surface area (Å²) in [6.07, 6.45) is 0.906. The van der Waals surface area contributed by atoms with Crippen LogP contribution < -0.4 is 10.1 Å². The number of benzene rings is 2. The average molecular weight is 283 g/mol. The SMILES string of the molecule is CCc1ccccc1Oc1cccc(C(=O)NC(C)C)c1. The molecule has 0 aromatic heterocycles. The summed E-state index contributed by atoms with van der Waals surface area (Å²) in [4.78, 5) is 12.0. The molecule has 0 aliphatic heterocycles. The van der Waals surface area contributed by atoms with Gasteiger partial charge in [0.05, 0.1) is 0 Å². The Kier molecular flexibility index (Phi) is 4.99. The Balaban J connectivity index is 2.20. The fourth-order valence-corrected chi connectivity index (χ4v) is 2.07. The van der Waals surface area contributed by atoms with Crippen molar-refractivity contribution in [1.29, 1.82) is 0 Å². The highest BCUT2D eigenvalue weighted by Crippen LogP contribution is 2.26. The number of carbonyl (C=O) groups excluding carboxylic acids is 1. The van der Waals surface area contributed by atoms with Crippen molar-refractivity contribution in [1.82, 2.24) is 5.32 Å². The molecule has 0 aliphatic carbocycles. The van der Waals surface area contributed by atoms with Gasteiger partial charge >= 0.3 is 0 Å². The molecule has 2 rings (SSSR count). The molecule has 1 amide bonds. The first kappa shape index (κ1) is 15.1. The third-order valence-electron chi connectivity index (χ3n) is 3.10. The zero-order valence-electron chi connectivity index (χ0n) is 12.7. The summed E-state index contributed by atoms with van der Waals surface area (Å²) >= 11 is 0. The van der Waals surface area contributed by atoms with E-state index in [0.717, 1.165) is 17.7 Å². The largest absolute Gasteiger partial charge is 0.457 e. The molecule has 0 saturated heterocycles. The molecule has 0 radical (unpaired) electrons. The number of hydrogen-bond acceptors (Lipinski definition) is 2. The molecular weight excluding hydrogens is 262 g/mol. The number of amides is 1. The lowest BCUT2D eigenvalue weighted by Gasteiger charge is -2.12. The predicted molar refractivity (Wildman–Crippen MR) is 84.9 cm³/mol. The minimum Gasteiger partial charge on any atom is -0.457 e. The van der Waals surface area contributed by atoms with Crippen molar-refractivity contribution in [2.24, 2.45) is 0 Å². The Hall–Kier alpha value is -2.29. The molecule has 0 fully saturated rings. The van der Waals surface area contributed by atoms with E-state index in [9.17, 15) is 4.79 Å². The van der Waals surface area contributed by atoms with Gasteiger partial charge in [-0.15, -0.1) is 0 Å². The quantitative estimate of drug-likeness (QED) is 0.894. The highest BCUT2D eigenvalue weighted by atomic mass is 16.5. The second-order valence-electron chi connectivity index (χ2n) is 5.22. The van der Waals surface area contributed by atoms with E-state index >= 15 is 0 Å². The lowest BCUT2D eigenvalue weighted by atomic mass is 10.1. The van der Waals surface area contributed by atoms with E-state index in [4.69, 9.17) is 4.74 Å². The standard InChI is InChI=1S/C18H21NO2/c1-4-14-8-5-6-11-17(14)21-16-10-7-9-15(12-16)18(20)19-13(2)3/h5-13H,4H2,1-3H3,(H,19,20). The van der Waals surface area contributed by atoms with Gasteiger partial charge in [0, 0.05) is 11.6 Å². The molecule has 3 heteroatoms. The van der Waals surface area contributed by atoms with Gasteiger partial charge in [-0.25, -0.2) is 0 Å². The van der Waals surface area contributed by atoms with Gasteiger partial charge in [-0.1, -0.05) is 31.2 Å². The van der Waals surface area contributed by atoms with Crippen molar-refractivity contribution in [3.8, 4) is 11.5 Å². The molecule has 2 aromatic carbocycles. The zero-order chi connectivity index (χ0) is 15.2. The normalized spacial score (nSPS) is 10.5. The molecule has 1 N–H and O–H groups in total. The highest BCUT2D eigenvalue weighted by molar-refractivity contribution is 5.94. The minimum atomic E-state index is -0.0840. The average Bonchev–Trinajstić information content (AvgIpc) is 2.47. The maximum Gasteiger partial charge on any atom is 0.251 e. The first-order valence-corrected chi connectivity index (χ1v) is 7.27. The van der Waals surface area contributed by atoms with Crippen LogP contribution in [0.2, 0.25) is 0 Å². The van der Waals surface area contributed by atoms with E-state index in [2.05, 4.69) is 12.2 Å². The van der Waals surface area contributed by atoms with Crippen LogP contribution in [0.3, 0.4) is 0 Å². The lowest BCUT2D eigenvalue weighted by molar-refractivity contribution is 0.0943. The Morgan fingerprint density at radius 2 is 1.90 bits per heavy atom. The number of nitrogens with one attached hydrogen (secondary N) is 1. The number of hydrogen-bond donors (Lipinski definition) is 1. The summed E-state index contributed by atoms with van der Waals surface area (Å²) in [5, 5.41) is 2.88. The summed E-state index contributed by atoms with van der Waals surface area (Å²) in [5.74, 6) is 1.42. The predicted octanol–water partition coefficient (Wildman–Crippen LogP) is 4.18. The van der Waals surface area contributed by atoms with Crippen LogP contribution in [0.1, 0.15) is 36.7 Å². The Morgan fingerprint density at radius 1 is 1.14 bits per heavy atom. The van der Waals surface area contributed by atoms with E-state index in [1.54, 1.807) is 12.1 Å². The number of ether oxygens (including phenoxy) is 1. The van der Waals surface area contributed by atoms with E-state index in [0.29, 0.717) is 11.3 Å². The van der Waals surface area contributed by atoms with Crippen LogP contribution in [0.5, 0.6) is 11.5 Å². The minimum absolute atomic E-state index is 0.0840. The van der Waals surface area contributed by atoms with Crippen LogP contribution in [-0.4, -0.2) is 11.9 Å². The molecule has 0 heterocycles. The highest BCUT2D eigenvalue weighted by Gasteiger charge is 2.09. The van der Waals surface area contributed by atoms with Gasteiger partial charge in [0.2, 0.25) is 0 Å². The van der Waals surface area contributed by atoms with Crippen LogP contribution >= 0.6 is 0 Å². The third-order valence-corrected chi connectivity index (χ3v) is 3.10. The molecule has 0 saturated carbocycles. The van der Waals surface area contributed by atoms with Crippen LogP contribution in [0, 0.1) is 0 Å². The topological polar surface area (TPSA) is 38.3 Å². The maximum absolute atomic E-state index is 12.0. The Morgan fingerprint density at radius 3 is 2.62 bits per heavy atom. The van der Waals surface area contributed by atoms with E-state index < -0.39 is 0 Å². The van der Waals surface area contributed by atoms with Gasteiger partial charge in [-0.3, -0.25) is 4.79 Å². The maximum atomic E-state index is 12.0. The zero-order valence-corrected chi connectivity index (χ0v) is 12.7. The summed E-state index contributed by atoms with van der Waals surface area (Å²) in [7, 11) is 0. The smallest absolute Gasteiger partial charge is 0.251 e. The summed E-state index contributed by atoms with van der Waals surface area (Å²) in [5.41, 5.74) is 1.75. The molecule has 0 bridgehead atoms. The first-order valence-electron chi connectivity index (χ1n) is 7.27. The van der Waals surface area contributed by atoms with Crippen molar-refractivity contribution >= 4 is 5.91 Å². The fraction of sp³-hybridized carbons (Fsp3) is 0.278. The molecular formula is C18H21NO2. The molecule has 0 aliphatic rings. The molecule has 0 spiro atoms. The molecule has 0 atom stereocenters. The van der Waals surface area contributed by atoms with Crippen LogP contribution in [0.4, 0.5) is 0 Å². The number of aryl methyl sites for hydroxylation is 1. The van der Waals surface area contributed by atoms with E-state index in [1.165, 1.54) is 0 Å². The number of para-hydroxylation sites is 1. The molecule has 110 valence electrons. The van der Waals surface area contributed by atoms with Gasteiger partial charge in [-0.2, -0.15) is 0 Å². The van der Waals surface area contributed by atoms with Gasteiger partial charge in [-0.05, 0) is 50.1 Å². The molecule has 0 unspecified atom stereocenters. The van der Waals surface area contributed by atoms with E-state index in [1.807, 2.05) is 50.2 Å². The van der Waals surface area contributed by atoms with Crippen molar-refractivity contribution < 1.29 is 9.53 Å². The molecule has 21 heavy (non-hydrogen) atoms. The van der Waals surface area contributed by atoms with Crippen molar-refractivity contribution in [2.45, 2.75) is 33.2 Å². The second-order valence-corrected chi connectivity index (χ2v) is 5.22. The van der Waals surface area contributed by atoms with Gasteiger partial charge < -0.3 is 10.1 Å². The van der Waals surface area contributed by atoms with Crippen LogP contribution in [-0.2, 0) is 6.42 Å². The summed E-state index contributed by atoms with van der Waals surface area (Å²) < 4.78 is 5.92. The Labute approximate surface area is 126 Å². The van der Waals surface area contributed by atoms with Crippen molar-refractivity contribution in [3.05, 3.63) is 59.7 Å². The van der Waals surface area contributed by atoms with Crippen molar-refractivity contribution in [3.63, 3.8) is 0 Å². The number of rotatable bonds is 5. The summed E-state index contributed by atoms with van der Waals surface area (Å²) in [6.45, 7) is 5.97. The van der Waals surface area contributed by atoms with E-state index in [-0.39, 0.29) is 11.9 Å². The molecule has 3 nitrogen and oxygen atoms in total. The van der Waals surface area contributed by atoms with Gasteiger partial charge in [0.1, 0.15) is 11.5 Å². The fourth-order valence-electron chi connectivity index (χ4n) is 2.07. The number of carbonyl (C=O) groups is 1. The van der Waals surface area contributed by atoms with Gasteiger partial charge in [0.15, 0.2) is 0 Å². The molecule has 2 aromatic rings. The monoisotopic (exact) mass is 283 g/mol. The van der Waals surface area contributed by atoms with Gasteiger partial charge in [0.25, 0.3) is 5.91 Å². The first-order chi connectivity index (χ1) is 10.1.